The summed E-state index contributed by atoms with van der Waals surface area (Å²) in [7, 11) is 0. The lowest BCUT2D eigenvalue weighted by molar-refractivity contribution is -0.167. The highest BCUT2D eigenvalue weighted by atomic mass is 16.6. The number of carbonyl (C=O) groups is 3. The molecule has 466 valence electrons. The Bertz CT molecular complexity index is 1580. The van der Waals surface area contributed by atoms with Gasteiger partial charge < -0.3 is 14.2 Å². The molecule has 81 heavy (non-hydrogen) atoms. The van der Waals surface area contributed by atoms with E-state index >= 15 is 0 Å². The van der Waals surface area contributed by atoms with Gasteiger partial charge in [-0.1, -0.05) is 317 Å². The smallest absolute Gasteiger partial charge is 0.306 e. The third-order valence-electron chi connectivity index (χ3n) is 15.1. The van der Waals surface area contributed by atoms with Crippen LogP contribution in [0.2, 0.25) is 0 Å². The van der Waals surface area contributed by atoms with Crippen molar-refractivity contribution in [3.05, 3.63) is 97.2 Å². The van der Waals surface area contributed by atoms with Crippen molar-refractivity contribution in [3.8, 4) is 0 Å². The predicted molar refractivity (Wildman–Crippen MR) is 353 cm³/mol. The van der Waals surface area contributed by atoms with Crippen LogP contribution in [0.25, 0.3) is 0 Å². The normalized spacial score (nSPS) is 12.7. The van der Waals surface area contributed by atoms with Gasteiger partial charge in [-0.15, -0.1) is 0 Å². The molecule has 0 aliphatic rings. The first kappa shape index (κ1) is 77.3. The van der Waals surface area contributed by atoms with Gasteiger partial charge in [0.15, 0.2) is 6.10 Å². The summed E-state index contributed by atoms with van der Waals surface area (Å²) in [5, 5.41) is 0. The average molecular weight is 1130 g/mol. The van der Waals surface area contributed by atoms with E-state index in [9.17, 15) is 14.4 Å². The Morgan fingerprint density at radius 3 is 0.778 bits per heavy atom. The zero-order chi connectivity index (χ0) is 58.5. The van der Waals surface area contributed by atoms with E-state index < -0.39 is 6.10 Å². The Kier molecular flexibility index (Phi) is 65.7. The maximum Gasteiger partial charge on any atom is 0.306 e. The third-order valence-corrected chi connectivity index (χ3v) is 15.1. The number of hydrogen-bond donors (Lipinski definition) is 0. The first-order valence-electron chi connectivity index (χ1n) is 34.7. The van der Waals surface area contributed by atoms with Gasteiger partial charge in [0.2, 0.25) is 0 Å². The molecule has 6 heteroatoms. The second-order valence-electron chi connectivity index (χ2n) is 23.1. The molecular weight excluding hydrogens is 997 g/mol. The van der Waals surface area contributed by atoms with Crippen LogP contribution >= 0.6 is 0 Å². The minimum Gasteiger partial charge on any atom is -0.462 e. The zero-order valence-corrected chi connectivity index (χ0v) is 53.5. The van der Waals surface area contributed by atoms with E-state index in [2.05, 4.69) is 118 Å². The summed E-state index contributed by atoms with van der Waals surface area (Å²) in [6.45, 7) is 6.51. The highest BCUT2D eigenvalue weighted by molar-refractivity contribution is 5.71. The first-order valence-corrected chi connectivity index (χ1v) is 34.7. The molecule has 0 aliphatic carbocycles. The number of hydrogen-bond acceptors (Lipinski definition) is 6. The molecule has 0 spiro atoms. The van der Waals surface area contributed by atoms with Crippen LogP contribution in [0.5, 0.6) is 0 Å². The zero-order valence-electron chi connectivity index (χ0n) is 53.5. The van der Waals surface area contributed by atoms with Gasteiger partial charge in [-0.05, 0) is 103 Å². The van der Waals surface area contributed by atoms with Crippen molar-refractivity contribution in [2.45, 2.75) is 348 Å². The largest absolute Gasteiger partial charge is 0.462 e. The second-order valence-corrected chi connectivity index (χ2v) is 23.1. The highest BCUT2D eigenvalue weighted by Gasteiger charge is 2.19. The molecule has 0 aromatic carbocycles. The van der Waals surface area contributed by atoms with Gasteiger partial charge in [-0.3, -0.25) is 14.4 Å². The quantitative estimate of drug-likeness (QED) is 0.0261. The average Bonchev–Trinajstić information content (AvgIpc) is 3.47. The van der Waals surface area contributed by atoms with Gasteiger partial charge in [0.05, 0.1) is 0 Å². The molecule has 1 unspecified atom stereocenters. The maximum atomic E-state index is 12.9. The number of carbonyl (C=O) groups excluding carboxylic acids is 3. The second kappa shape index (κ2) is 68.8. The van der Waals surface area contributed by atoms with Crippen molar-refractivity contribution in [1.29, 1.82) is 0 Å². The Morgan fingerprint density at radius 2 is 0.481 bits per heavy atom. The Labute approximate surface area is 502 Å². The topological polar surface area (TPSA) is 78.9 Å². The summed E-state index contributed by atoms with van der Waals surface area (Å²) in [5.41, 5.74) is 0. The standard InChI is InChI=1S/C75H130O6/c1-4-7-10-13-16-19-22-25-28-30-32-34-36-37-39-40-42-44-47-50-53-56-59-62-65-68-74(77)80-71-72(70-79-73(76)67-64-61-58-55-52-49-46-27-24-21-18-15-12-9-6-3)81-75(78)69-66-63-60-57-54-51-48-45-43-41-38-35-33-31-29-26-23-20-17-14-11-8-5-2/h8,11,17-18,20-21,26-27,29,33,35,41,43,46,48,51,72H,4-7,9-10,12-16,19,22-25,28,30-32,34,36-40,42,44-45,47,49-50,52-71H2,1-3H3/b11-8-,20-17-,21-18-,29-26-,35-33-,43-41-,46-27-,51-48-. The molecule has 1 atom stereocenters. The van der Waals surface area contributed by atoms with E-state index in [1.54, 1.807) is 0 Å². The molecule has 0 aromatic heterocycles. The van der Waals surface area contributed by atoms with Crippen LogP contribution in [-0.2, 0) is 28.6 Å². The van der Waals surface area contributed by atoms with Crippen molar-refractivity contribution in [2.75, 3.05) is 13.2 Å². The number of rotatable bonds is 63. The molecule has 0 bridgehead atoms. The van der Waals surface area contributed by atoms with Crippen LogP contribution < -0.4 is 0 Å². The highest BCUT2D eigenvalue weighted by Crippen LogP contribution is 2.17. The number of esters is 3. The van der Waals surface area contributed by atoms with Gasteiger partial charge in [-0.25, -0.2) is 0 Å². The number of unbranched alkanes of at least 4 members (excludes halogenated alkanes) is 36. The van der Waals surface area contributed by atoms with Crippen molar-refractivity contribution in [2.24, 2.45) is 0 Å². The molecule has 0 amide bonds. The lowest BCUT2D eigenvalue weighted by atomic mass is 10.0. The molecule has 0 radical (unpaired) electrons. The van der Waals surface area contributed by atoms with Crippen LogP contribution in [0.15, 0.2) is 97.2 Å². The minimum absolute atomic E-state index is 0.0903. The van der Waals surface area contributed by atoms with Crippen molar-refractivity contribution in [1.82, 2.24) is 0 Å². The van der Waals surface area contributed by atoms with Gasteiger partial charge in [0, 0.05) is 19.3 Å². The first-order chi connectivity index (χ1) is 40.0. The summed E-state index contributed by atoms with van der Waals surface area (Å²) in [5.74, 6) is -0.915. The fourth-order valence-corrected chi connectivity index (χ4v) is 9.89. The van der Waals surface area contributed by atoms with Crippen LogP contribution in [0.1, 0.15) is 342 Å². The number of allylic oxidation sites excluding steroid dienone is 16. The molecule has 0 saturated carbocycles. The molecule has 0 heterocycles. The van der Waals surface area contributed by atoms with Crippen LogP contribution in [0, 0.1) is 0 Å². The summed E-state index contributed by atoms with van der Waals surface area (Å²) >= 11 is 0. The lowest BCUT2D eigenvalue weighted by Crippen LogP contribution is -2.30. The molecule has 0 saturated heterocycles. The lowest BCUT2D eigenvalue weighted by Gasteiger charge is -2.18. The maximum absolute atomic E-state index is 12.9. The van der Waals surface area contributed by atoms with Gasteiger partial charge >= 0.3 is 17.9 Å². The fraction of sp³-hybridized carbons (Fsp3) is 0.747. The van der Waals surface area contributed by atoms with E-state index in [0.29, 0.717) is 19.3 Å². The van der Waals surface area contributed by atoms with E-state index in [0.717, 1.165) is 135 Å². The van der Waals surface area contributed by atoms with E-state index in [1.165, 1.54) is 167 Å². The summed E-state index contributed by atoms with van der Waals surface area (Å²) in [4.78, 5) is 38.4. The minimum atomic E-state index is -0.799. The number of ether oxygens (including phenoxy) is 3. The fourth-order valence-electron chi connectivity index (χ4n) is 9.89. The molecule has 6 nitrogen and oxygen atoms in total. The molecule has 0 rings (SSSR count). The third kappa shape index (κ3) is 67.0. The van der Waals surface area contributed by atoms with Crippen LogP contribution in [-0.4, -0.2) is 37.2 Å². The van der Waals surface area contributed by atoms with Crippen molar-refractivity contribution >= 4 is 17.9 Å². The summed E-state index contributed by atoms with van der Waals surface area (Å²) in [6.07, 6.45) is 92.9. The Hall–Kier alpha value is -3.67. The molecule has 0 aliphatic heterocycles. The predicted octanol–water partition coefficient (Wildman–Crippen LogP) is 24.0. The van der Waals surface area contributed by atoms with Crippen molar-refractivity contribution < 1.29 is 28.6 Å². The molecule has 0 aromatic rings. The van der Waals surface area contributed by atoms with E-state index in [4.69, 9.17) is 14.2 Å². The monoisotopic (exact) mass is 1130 g/mol. The van der Waals surface area contributed by atoms with Gasteiger partial charge in [0.1, 0.15) is 13.2 Å². The summed E-state index contributed by atoms with van der Waals surface area (Å²) < 4.78 is 16.9. The summed E-state index contributed by atoms with van der Waals surface area (Å²) in [6, 6.07) is 0. The van der Waals surface area contributed by atoms with Gasteiger partial charge in [-0.2, -0.15) is 0 Å². The van der Waals surface area contributed by atoms with Gasteiger partial charge in [0.25, 0.3) is 0 Å². The van der Waals surface area contributed by atoms with E-state index in [-0.39, 0.29) is 31.1 Å². The Morgan fingerprint density at radius 1 is 0.259 bits per heavy atom. The van der Waals surface area contributed by atoms with Crippen molar-refractivity contribution in [3.63, 3.8) is 0 Å². The van der Waals surface area contributed by atoms with Crippen LogP contribution in [0.3, 0.4) is 0 Å². The Balaban J connectivity index is 4.37. The SMILES string of the molecule is CC/C=C\C/C=C\C/C=C\C/C=C\C/C=C\C/C=C\CCCCCCC(=O)OC(COC(=O)CCCCCCC/C=C\C/C=C\CCCCC)COC(=O)CCCCCCCCCCCCCCCCCCCCCCCCCCC. The van der Waals surface area contributed by atoms with E-state index in [1.807, 2.05) is 0 Å². The molecule has 0 N–H and O–H groups in total. The van der Waals surface area contributed by atoms with Crippen LogP contribution in [0.4, 0.5) is 0 Å². The molecular formula is C75H130O6. The molecule has 0 fully saturated rings.